The lowest BCUT2D eigenvalue weighted by molar-refractivity contribution is -0.385. The van der Waals surface area contributed by atoms with E-state index >= 15 is 0 Å². The van der Waals surface area contributed by atoms with E-state index in [9.17, 15) is 14.9 Å². The Labute approximate surface area is 139 Å². The third-order valence-corrected chi connectivity index (χ3v) is 3.24. The Morgan fingerprint density at radius 1 is 1.46 bits per heavy atom. The molecule has 0 saturated heterocycles. The Morgan fingerprint density at radius 2 is 2.29 bits per heavy atom. The Morgan fingerprint density at radius 3 is 2.92 bits per heavy atom. The summed E-state index contributed by atoms with van der Waals surface area (Å²) < 4.78 is 6.41. The third kappa shape index (κ3) is 5.43. The minimum absolute atomic E-state index is 0.0679. The van der Waals surface area contributed by atoms with Crippen LogP contribution in [0.5, 0.6) is 0 Å². The lowest BCUT2D eigenvalue weighted by atomic mass is 10.2. The van der Waals surface area contributed by atoms with E-state index in [1.807, 2.05) is 17.0 Å². The van der Waals surface area contributed by atoms with Crippen molar-refractivity contribution < 1.29 is 14.5 Å². The summed E-state index contributed by atoms with van der Waals surface area (Å²) in [5.74, 6) is -0.278. The van der Waals surface area contributed by atoms with E-state index in [-0.39, 0.29) is 18.1 Å². The van der Waals surface area contributed by atoms with Crippen LogP contribution in [0.25, 0.3) is 0 Å². The maximum Gasteiger partial charge on any atom is 0.307 e. The van der Waals surface area contributed by atoms with Gasteiger partial charge in [0.2, 0.25) is 0 Å². The van der Waals surface area contributed by atoms with Crippen molar-refractivity contribution in [1.82, 2.24) is 19.7 Å². The molecule has 128 valence electrons. The van der Waals surface area contributed by atoms with Gasteiger partial charge in [0.05, 0.1) is 24.6 Å². The minimum Gasteiger partial charge on any atom is -0.466 e. The average molecular weight is 333 g/mol. The lowest BCUT2D eigenvalue weighted by Gasteiger charge is -2.21. The Kier molecular flexibility index (Phi) is 6.38. The van der Waals surface area contributed by atoms with Crippen molar-refractivity contribution in [1.29, 1.82) is 0 Å². The number of aromatic nitrogens is 3. The molecule has 2 aromatic rings. The smallest absolute Gasteiger partial charge is 0.307 e. The zero-order valence-corrected chi connectivity index (χ0v) is 13.4. The molecule has 24 heavy (non-hydrogen) atoms. The predicted octanol–water partition coefficient (Wildman–Crippen LogP) is 1.60. The van der Waals surface area contributed by atoms with Crippen molar-refractivity contribution in [2.24, 2.45) is 0 Å². The first kappa shape index (κ1) is 17.5. The molecular weight excluding hydrogens is 314 g/mol. The molecule has 2 aromatic heterocycles. The number of carbonyl (C=O) groups is 1. The van der Waals surface area contributed by atoms with E-state index in [0.717, 1.165) is 5.56 Å². The molecule has 0 fully saturated rings. The maximum atomic E-state index is 11.6. The van der Waals surface area contributed by atoms with E-state index < -0.39 is 4.92 Å². The van der Waals surface area contributed by atoms with E-state index in [0.29, 0.717) is 26.4 Å². The third-order valence-electron chi connectivity index (χ3n) is 3.24. The standard InChI is InChI=1S/C15H19N5O4/c1-2-24-15(21)5-7-18(10-13-4-3-6-16-8-13)12-19-11-14(9-17-19)20(22)23/h3-4,6,8-9,11H,2,5,7,10,12H2,1H3. The molecule has 0 aliphatic heterocycles. The fourth-order valence-corrected chi connectivity index (χ4v) is 2.16. The van der Waals surface area contributed by atoms with Crippen LogP contribution in [0, 0.1) is 10.1 Å². The number of nitro groups is 1. The summed E-state index contributed by atoms with van der Waals surface area (Å²) in [6, 6.07) is 3.76. The van der Waals surface area contributed by atoms with E-state index in [1.54, 1.807) is 19.3 Å². The van der Waals surface area contributed by atoms with E-state index in [1.165, 1.54) is 17.1 Å². The number of hydrogen-bond acceptors (Lipinski definition) is 7. The van der Waals surface area contributed by atoms with Gasteiger partial charge in [0.15, 0.2) is 0 Å². The second kappa shape index (κ2) is 8.73. The molecule has 9 nitrogen and oxygen atoms in total. The first-order valence-electron chi connectivity index (χ1n) is 7.52. The fourth-order valence-electron chi connectivity index (χ4n) is 2.16. The van der Waals surface area contributed by atoms with Gasteiger partial charge in [-0.15, -0.1) is 0 Å². The van der Waals surface area contributed by atoms with Crippen molar-refractivity contribution >= 4 is 11.7 Å². The first-order valence-corrected chi connectivity index (χ1v) is 7.52. The molecule has 9 heteroatoms. The van der Waals surface area contributed by atoms with Crippen molar-refractivity contribution in [3.63, 3.8) is 0 Å². The van der Waals surface area contributed by atoms with Crippen LogP contribution in [-0.2, 0) is 22.7 Å². The van der Waals surface area contributed by atoms with Crippen molar-refractivity contribution in [2.45, 2.75) is 26.6 Å². The van der Waals surface area contributed by atoms with Crippen molar-refractivity contribution in [3.05, 3.63) is 52.6 Å². The van der Waals surface area contributed by atoms with Crippen molar-refractivity contribution in [2.75, 3.05) is 13.2 Å². The number of esters is 1. The molecule has 0 aliphatic rings. The molecule has 2 rings (SSSR count). The molecule has 0 N–H and O–H groups in total. The molecule has 2 heterocycles. The zero-order chi connectivity index (χ0) is 17.4. The van der Waals surface area contributed by atoms with Crippen LogP contribution in [0.4, 0.5) is 5.69 Å². The summed E-state index contributed by atoms with van der Waals surface area (Å²) in [6.45, 7) is 3.41. The van der Waals surface area contributed by atoms with Gasteiger partial charge in [0.25, 0.3) is 0 Å². The highest BCUT2D eigenvalue weighted by atomic mass is 16.6. The van der Waals surface area contributed by atoms with E-state index in [2.05, 4.69) is 10.1 Å². The quantitative estimate of drug-likeness (QED) is 0.390. The first-order chi connectivity index (χ1) is 11.6. The molecule has 0 unspecified atom stereocenters. The fraction of sp³-hybridized carbons (Fsp3) is 0.400. The van der Waals surface area contributed by atoms with Crippen LogP contribution >= 0.6 is 0 Å². The molecule has 0 aromatic carbocycles. The normalized spacial score (nSPS) is 10.8. The summed E-state index contributed by atoms with van der Waals surface area (Å²) in [6.07, 6.45) is 6.22. The van der Waals surface area contributed by atoms with Crippen LogP contribution in [0.3, 0.4) is 0 Å². The molecule has 0 radical (unpaired) electrons. The molecule has 0 bridgehead atoms. The van der Waals surface area contributed by atoms with Gasteiger partial charge in [-0.25, -0.2) is 0 Å². The number of ether oxygens (including phenoxy) is 1. The van der Waals surface area contributed by atoms with Gasteiger partial charge < -0.3 is 4.74 Å². The monoisotopic (exact) mass is 333 g/mol. The van der Waals surface area contributed by atoms with Crippen molar-refractivity contribution in [3.8, 4) is 0 Å². The van der Waals surface area contributed by atoms with Gasteiger partial charge in [-0.05, 0) is 18.6 Å². The van der Waals surface area contributed by atoms with Gasteiger partial charge in [-0.2, -0.15) is 5.10 Å². The summed E-state index contributed by atoms with van der Waals surface area (Å²) in [4.78, 5) is 27.8. The second-order valence-corrected chi connectivity index (χ2v) is 5.11. The number of carbonyl (C=O) groups excluding carboxylic acids is 1. The topological polar surface area (TPSA) is 103 Å². The number of hydrogen-bond donors (Lipinski definition) is 0. The van der Waals surface area contributed by atoms with Crippen LogP contribution in [-0.4, -0.2) is 43.7 Å². The Bertz CT molecular complexity index is 674. The average Bonchev–Trinajstić information content (AvgIpc) is 3.03. The molecule has 0 atom stereocenters. The van der Waals surface area contributed by atoms with Gasteiger partial charge >= 0.3 is 11.7 Å². The predicted molar refractivity (Wildman–Crippen MR) is 84.8 cm³/mol. The summed E-state index contributed by atoms with van der Waals surface area (Å²) in [5, 5.41) is 14.7. The summed E-state index contributed by atoms with van der Waals surface area (Å²) in [7, 11) is 0. The van der Waals surface area contributed by atoms with Gasteiger partial charge in [0, 0.05) is 25.5 Å². The van der Waals surface area contributed by atoms with Crippen LogP contribution in [0.15, 0.2) is 36.9 Å². The molecule has 0 aliphatic carbocycles. The second-order valence-electron chi connectivity index (χ2n) is 5.11. The van der Waals surface area contributed by atoms with E-state index in [4.69, 9.17) is 4.74 Å². The van der Waals surface area contributed by atoms with Crippen LogP contribution in [0.2, 0.25) is 0 Å². The molecule has 0 amide bonds. The zero-order valence-electron chi connectivity index (χ0n) is 13.4. The van der Waals surface area contributed by atoms with Crippen LogP contribution in [0.1, 0.15) is 18.9 Å². The minimum atomic E-state index is -0.492. The van der Waals surface area contributed by atoms with Gasteiger partial charge in [0.1, 0.15) is 12.4 Å². The SMILES string of the molecule is CCOC(=O)CCN(Cc1cccnc1)Cn1cc([N+](=O)[O-])cn1. The lowest BCUT2D eigenvalue weighted by Crippen LogP contribution is -2.29. The Hall–Kier alpha value is -2.81. The number of nitrogens with zero attached hydrogens (tertiary/aromatic N) is 5. The number of pyridine rings is 1. The molecule has 0 spiro atoms. The maximum absolute atomic E-state index is 11.6. The molecule has 0 saturated carbocycles. The molecular formula is C15H19N5O4. The van der Waals surface area contributed by atoms with Gasteiger partial charge in [-0.1, -0.05) is 6.07 Å². The number of rotatable bonds is 9. The highest BCUT2D eigenvalue weighted by molar-refractivity contribution is 5.69. The van der Waals surface area contributed by atoms with Crippen LogP contribution < -0.4 is 0 Å². The Balaban J connectivity index is 2.03. The summed E-state index contributed by atoms with van der Waals surface area (Å²) in [5.41, 5.74) is 0.907. The largest absolute Gasteiger partial charge is 0.466 e. The van der Waals surface area contributed by atoms with Gasteiger partial charge in [-0.3, -0.25) is 29.5 Å². The highest BCUT2D eigenvalue weighted by Gasteiger charge is 2.14. The summed E-state index contributed by atoms with van der Waals surface area (Å²) >= 11 is 0. The highest BCUT2D eigenvalue weighted by Crippen LogP contribution is 2.10.